The molecule has 0 saturated heterocycles. The summed E-state index contributed by atoms with van der Waals surface area (Å²) in [6.45, 7) is 1.94. The summed E-state index contributed by atoms with van der Waals surface area (Å²) in [7, 11) is 1.38. The Bertz CT molecular complexity index is 500. The summed E-state index contributed by atoms with van der Waals surface area (Å²) in [6.07, 6.45) is 0. The molecule has 2 rings (SSSR count). The normalized spacial score (nSPS) is 10.1. The Hall–Kier alpha value is -2.03. The molecular formula is C13H13NO2. The van der Waals surface area contributed by atoms with Crippen LogP contribution in [0.25, 0.3) is 11.1 Å². The Morgan fingerprint density at radius 3 is 2.56 bits per heavy atom. The minimum absolute atomic E-state index is 0.342. The number of methoxy groups -OCH3 is 1. The molecule has 0 aliphatic heterocycles. The number of aromatic amines is 1. The smallest absolute Gasteiger partial charge is 0.354 e. The Labute approximate surface area is 94.1 Å². The van der Waals surface area contributed by atoms with Crippen molar-refractivity contribution in [2.45, 2.75) is 6.92 Å². The van der Waals surface area contributed by atoms with Gasteiger partial charge in [0.15, 0.2) is 0 Å². The van der Waals surface area contributed by atoms with Gasteiger partial charge in [-0.2, -0.15) is 0 Å². The van der Waals surface area contributed by atoms with E-state index in [1.165, 1.54) is 7.11 Å². The number of aryl methyl sites for hydroxylation is 1. The van der Waals surface area contributed by atoms with Crippen molar-refractivity contribution >= 4 is 5.97 Å². The summed E-state index contributed by atoms with van der Waals surface area (Å²) in [5.41, 5.74) is 3.57. The van der Waals surface area contributed by atoms with Crippen LogP contribution in [-0.2, 0) is 4.74 Å². The van der Waals surface area contributed by atoms with Crippen molar-refractivity contribution in [2.24, 2.45) is 0 Å². The number of hydrogen-bond acceptors (Lipinski definition) is 2. The third-order valence-corrected chi connectivity index (χ3v) is 2.50. The van der Waals surface area contributed by atoms with E-state index < -0.39 is 0 Å². The molecule has 0 atom stereocenters. The predicted octanol–water partition coefficient (Wildman–Crippen LogP) is 2.78. The molecule has 82 valence electrons. The Morgan fingerprint density at radius 1 is 1.25 bits per heavy atom. The minimum Gasteiger partial charge on any atom is -0.464 e. The first kappa shape index (κ1) is 10.5. The fourth-order valence-electron chi connectivity index (χ4n) is 1.70. The molecular weight excluding hydrogens is 202 g/mol. The van der Waals surface area contributed by atoms with Gasteiger partial charge in [0, 0.05) is 11.3 Å². The number of H-pyrrole nitrogens is 1. The van der Waals surface area contributed by atoms with E-state index in [1.54, 1.807) is 0 Å². The van der Waals surface area contributed by atoms with Crippen molar-refractivity contribution in [3.05, 3.63) is 47.8 Å². The highest BCUT2D eigenvalue weighted by Gasteiger charge is 2.12. The summed E-state index contributed by atoms with van der Waals surface area (Å²) in [4.78, 5) is 14.4. The molecule has 1 N–H and O–H groups in total. The van der Waals surface area contributed by atoms with Gasteiger partial charge in [-0.1, -0.05) is 30.3 Å². The molecule has 1 aromatic heterocycles. The van der Waals surface area contributed by atoms with Crippen LogP contribution in [0, 0.1) is 6.92 Å². The van der Waals surface area contributed by atoms with Crippen LogP contribution < -0.4 is 0 Å². The van der Waals surface area contributed by atoms with Gasteiger partial charge in [0.2, 0.25) is 0 Å². The van der Waals surface area contributed by atoms with Gasteiger partial charge in [-0.05, 0) is 18.6 Å². The lowest BCUT2D eigenvalue weighted by Crippen LogP contribution is -2.00. The quantitative estimate of drug-likeness (QED) is 0.783. The number of nitrogens with one attached hydrogen (secondary N) is 1. The first-order chi connectivity index (χ1) is 7.72. The van der Waals surface area contributed by atoms with Gasteiger partial charge < -0.3 is 9.72 Å². The standard InChI is InChI=1S/C13H13NO2/c1-9-11(10-6-4-3-5-7-10)8-12(14-9)13(15)16-2/h3-8,14H,1-2H3. The third-order valence-electron chi connectivity index (χ3n) is 2.50. The molecule has 0 unspecified atom stereocenters. The number of aromatic nitrogens is 1. The van der Waals surface area contributed by atoms with E-state index in [4.69, 9.17) is 0 Å². The lowest BCUT2D eigenvalue weighted by Gasteiger charge is -1.97. The van der Waals surface area contributed by atoms with Gasteiger partial charge in [0.25, 0.3) is 0 Å². The first-order valence-electron chi connectivity index (χ1n) is 5.05. The van der Waals surface area contributed by atoms with E-state index in [9.17, 15) is 4.79 Å². The molecule has 0 spiro atoms. The van der Waals surface area contributed by atoms with Crippen molar-refractivity contribution in [1.29, 1.82) is 0 Å². The summed E-state index contributed by atoms with van der Waals surface area (Å²) < 4.78 is 4.67. The molecule has 16 heavy (non-hydrogen) atoms. The second-order valence-electron chi connectivity index (χ2n) is 3.58. The van der Waals surface area contributed by atoms with Gasteiger partial charge in [-0.15, -0.1) is 0 Å². The van der Waals surface area contributed by atoms with Crippen LogP contribution >= 0.6 is 0 Å². The highest BCUT2D eigenvalue weighted by Crippen LogP contribution is 2.24. The maximum atomic E-state index is 11.4. The number of esters is 1. The van der Waals surface area contributed by atoms with E-state index in [1.807, 2.05) is 43.3 Å². The van der Waals surface area contributed by atoms with Gasteiger partial charge in [-0.3, -0.25) is 0 Å². The molecule has 0 aliphatic rings. The molecule has 3 nitrogen and oxygen atoms in total. The number of carbonyl (C=O) groups excluding carboxylic acids is 1. The van der Waals surface area contributed by atoms with E-state index >= 15 is 0 Å². The zero-order valence-electron chi connectivity index (χ0n) is 9.28. The van der Waals surface area contributed by atoms with Crippen molar-refractivity contribution in [2.75, 3.05) is 7.11 Å². The van der Waals surface area contributed by atoms with Crippen LogP contribution in [0.1, 0.15) is 16.2 Å². The van der Waals surface area contributed by atoms with Gasteiger partial charge in [-0.25, -0.2) is 4.79 Å². The molecule has 0 bridgehead atoms. The number of benzene rings is 1. The van der Waals surface area contributed by atoms with E-state index in [0.29, 0.717) is 5.69 Å². The van der Waals surface area contributed by atoms with E-state index in [2.05, 4.69) is 9.72 Å². The van der Waals surface area contributed by atoms with Crippen LogP contribution in [-0.4, -0.2) is 18.1 Å². The molecule has 0 aliphatic carbocycles. The second kappa shape index (κ2) is 4.23. The number of hydrogen-bond donors (Lipinski definition) is 1. The van der Waals surface area contributed by atoms with Crippen LogP contribution in [0.4, 0.5) is 0 Å². The molecule has 0 radical (unpaired) electrons. The first-order valence-corrected chi connectivity index (χ1v) is 5.05. The van der Waals surface area contributed by atoms with Gasteiger partial charge in [0.1, 0.15) is 5.69 Å². The zero-order chi connectivity index (χ0) is 11.5. The summed E-state index contributed by atoms with van der Waals surface area (Å²) in [6, 6.07) is 11.7. The van der Waals surface area contributed by atoms with Crippen molar-refractivity contribution in [1.82, 2.24) is 4.98 Å². The average Bonchev–Trinajstić information content (AvgIpc) is 2.71. The zero-order valence-corrected chi connectivity index (χ0v) is 9.28. The van der Waals surface area contributed by atoms with Crippen molar-refractivity contribution < 1.29 is 9.53 Å². The Morgan fingerprint density at radius 2 is 1.94 bits per heavy atom. The molecule has 1 aromatic carbocycles. The SMILES string of the molecule is COC(=O)c1cc(-c2ccccc2)c(C)[nH]1. The van der Waals surface area contributed by atoms with Gasteiger partial charge >= 0.3 is 5.97 Å². The lowest BCUT2D eigenvalue weighted by molar-refractivity contribution is 0.0594. The van der Waals surface area contributed by atoms with Crippen LogP contribution in [0.2, 0.25) is 0 Å². The predicted molar refractivity (Wildman–Crippen MR) is 62.3 cm³/mol. The van der Waals surface area contributed by atoms with Gasteiger partial charge in [0.05, 0.1) is 7.11 Å². The third kappa shape index (κ3) is 1.84. The molecule has 0 fully saturated rings. The monoisotopic (exact) mass is 215 g/mol. The molecule has 0 amide bonds. The average molecular weight is 215 g/mol. The molecule has 0 saturated carbocycles. The van der Waals surface area contributed by atoms with Crippen LogP contribution in [0.5, 0.6) is 0 Å². The summed E-state index contributed by atoms with van der Waals surface area (Å²) in [5.74, 6) is -0.342. The van der Waals surface area contributed by atoms with E-state index in [-0.39, 0.29) is 5.97 Å². The maximum Gasteiger partial charge on any atom is 0.354 e. The fraction of sp³-hybridized carbons (Fsp3) is 0.154. The summed E-state index contributed by atoms with van der Waals surface area (Å²) >= 11 is 0. The number of rotatable bonds is 2. The Kier molecular flexibility index (Phi) is 2.77. The number of ether oxygens (including phenoxy) is 1. The molecule has 3 heteroatoms. The number of carbonyl (C=O) groups is 1. The van der Waals surface area contributed by atoms with Crippen molar-refractivity contribution in [3.8, 4) is 11.1 Å². The van der Waals surface area contributed by atoms with Crippen LogP contribution in [0.15, 0.2) is 36.4 Å². The maximum absolute atomic E-state index is 11.4. The highest BCUT2D eigenvalue weighted by atomic mass is 16.5. The minimum atomic E-state index is -0.342. The topological polar surface area (TPSA) is 42.1 Å². The highest BCUT2D eigenvalue weighted by molar-refractivity contribution is 5.90. The fourth-order valence-corrected chi connectivity index (χ4v) is 1.70. The lowest BCUT2D eigenvalue weighted by atomic mass is 10.1. The molecule has 2 aromatic rings. The second-order valence-corrected chi connectivity index (χ2v) is 3.58. The van der Waals surface area contributed by atoms with E-state index in [0.717, 1.165) is 16.8 Å². The Balaban J connectivity index is 2.44. The van der Waals surface area contributed by atoms with Crippen LogP contribution in [0.3, 0.4) is 0 Å². The largest absolute Gasteiger partial charge is 0.464 e. The van der Waals surface area contributed by atoms with Crippen molar-refractivity contribution in [3.63, 3.8) is 0 Å². The molecule has 1 heterocycles. The summed E-state index contributed by atoms with van der Waals surface area (Å²) in [5, 5.41) is 0.